The SMILES string of the molecule is CC[C@]1(C(C)OC(=O)C(C)C)O[C@@H]2OC(C)(C)O[C@@H]2[C@@H]1C. The molecule has 2 saturated heterocycles. The summed E-state index contributed by atoms with van der Waals surface area (Å²) in [6.07, 6.45) is -0.121. The highest BCUT2D eigenvalue weighted by atomic mass is 16.8. The molecule has 0 bridgehead atoms. The Balaban J connectivity index is 2.15. The van der Waals surface area contributed by atoms with Crippen LogP contribution in [0.4, 0.5) is 0 Å². The van der Waals surface area contributed by atoms with Crippen molar-refractivity contribution in [1.29, 1.82) is 0 Å². The van der Waals surface area contributed by atoms with Gasteiger partial charge in [-0.1, -0.05) is 27.7 Å². The average molecular weight is 300 g/mol. The van der Waals surface area contributed by atoms with Crippen molar-refractivity contribution in [2.24, 2.45) is 11.8 Å². The topological polar surface area (TPSA) is 54.0 Å². The van der Waals surface area contributed by atoms with Crippen LogP contribution in [0.1, 0.15) is 54.9 Å². The van der Waals surface area contributed by atoms with E-state index in [2.05, 4.69) is 6.92 Å². The molecule has 2 fully saturated rings. The lowest BCUT2D eigenvalue weighted by atomic mass is 9.81. The third-order valence-corrected chi connectivity index (χ3v) is 4.69. The first kappa shape index (κ1) is 16.7. The summed E-state index contributed by atoms with van der Waals surface area (Å²) in [6.45, 7) is 13.5. The first-order valence-electron chi connectivity index (χ1n) is 7.87. The molecule has 0 aromatic heterocycles. The average Bonchev–Trinajstić information content (AvgIpc) is 2.81. The summed E-state index contributed by atoms with van der Waals surface area (Å²) < 4.78 is 23.6. The van der Waals surface area contributed by atoms with Gasteiger partial charge in [-0.15, -0.1) is 0 Å². The highest BCUT2D eigenvalue weighted by Gasteiger charge is 2.61. The molecular weight excluding hydrogens is 272 g/mol. The number of rotatable bonds is 4. The van der Waals surface area contributed by atoms with E-state index in [-0.39, 0.29) is 30.0 Å². The standard InChI is InChI=1S/C16H28O5/c1-8-16(11(5)18-13(17)9(2)3)10(4)12-14(21-16)20-15(6,7)19-12/h9-12,14H,8H2,1-7H3/t10-,11?,12+,14-,16-/m0/s1. The van der Waals surface area contributed by atoms with Crippen LogP contribution in [0.25, 0.3) is 0 Å². The maximum absolute atomic E-state index is 11.9. The highest BCUT2D eigenvalue weighted by Crippen LogP contribution is 2.49. The minimum absolute atomic E-state index is 0.0873. The van der Waals surface area contributed by atoms with Crippen LogP contribution in [0.15, 0.2) is 0 Å². The molecule has 0 aliphatic carbocycles. The van der Waals surface area contributed by atoms with E-state index in [9.17, 15) is 4.79 Å². The molecule has 5 heteroatoms. The molecule has 0 aromatic carbocycles. The quantitative estimate of drug-likeness (QED) is 0.747. The van der Waals surface area contributed by atoms with Crippen LogP contribution >= 0.6 is 0 Å². The fourth-order valence-electron chi connectivity index (χ4n) is 3.36. The third-order valence-electron chi connectivity index (χ3n) is 4.69. The number of fused-ring (bicyclic) bond motifs is 1. The molecular formula is C16H28O5. The van der Waals surface area contributed by atoms with Gasteiger partial charge in [0.1, 0.15) is 17.8 Å². The van der Waals surface area contributed by atoms with Crippen LogP contribution in [0.2, 0.25) is 0 Å². The predicted molar refractivity (Wildman–Crippen MR) is 77.5 cm³/mol. The van der Waals surface area contributed by atoms with Gasteiger partial charge in [0.15, 0.2) is 12.1 Å². The van der Waals surface area contributed by atoms with Crippen LogP contribution in [-0.2, 0) is 23.7 Å². The Kier molecular flexibility index (Phi) is 4.40. The molecule has 0 aromatic rings. The molecule has 0 radical (unpaired) electrons. The Bertz CT molecular complexity index is 405. The van der Waals surface area contributed by atoms with Crippen molar-refractivity contribution in [3.63, 3.8) is 0 Å². The first-order valence-corrected chi connectivity index (χ1v) is 7.87. The monoisotopic (exact) mass is 300 g/mol. The normalized spacial score (nSPS) is 39.3. The fraction of sp³-hybridized carbons (Fsp3) is 0.938. The van der Waals surface area contributed by atoms with Gasteiger partial charge in [-0.2, -0.15) is 0 Å². The summed E-state index contributed by atoms with van der Waals surface area (Å²) >= 11 is 0. The van der Waals surface area contributed by atoms with E-state index >= 15 is 0 Å². The van der Waals surface area contributed by atoms with E-state index in [4.69, 9.17) is 18.9 Å². The maximum atomic E-state index is 11.9. The smallest absolute Gasteiger partial charge is 0.308 e. The summed E-state index contributed by atoms with van der Waals surface area (Å²) in [5.74, 6) is -0.889. The van der Waals surface area contributed by atoms with Gasteiger partial charge in [-0.3, -0.25) is 4.79 Å². The minimum atomic E-state index is -0.624. The third kappa shape index (κ3) is 2.83. The Morgan fingerprint density at radius 1 is 1.19 bits per heavy atom. The van der Waals surface area contributed by atoms with Crippen LogP contribution in [0.3, 0.4) is 0 Å². The highest BCUT2D eigenvalue weighted by molar-refractivity contribution is 5.71. The molecule has 122 valence electrons. The summed E-state index contributed by atoms with van der Waals surface area (Å²) in [4.78, 5) is 11.9. The molecule has 0 spiro atoms. The Hall–Kier alpha value is -0.650. The van der Waals surface area contributed by atoms with E-state index in [1.807, 2.05) is 41.5 Å². The van der Waals surface area contributed by atoms with Gasteiger partial charge in [0.2, 0.25) is 0 Å². The summed E-state index contributed by atoms with van der Waals surface area (Å²) in [7, 11) is 0. The van der Waals surface area contributed by atoms with E-state index < -0.39 is 17.7 Å². The molecule has 2 aliphatic heterocycles. The summed E-state index contributed by atoms with van der Waals surface area (Å²) in [5, 5.41) is 0. The number of carbonyl (C=O) groups is 1. The Labute approximate surface area is 127 Å². The summed E-state index contributed by atoms with van der Waals surface area (Å²) in [5.41, 5.74) is -0.559. The molecule has 0 saturated carbocycles. The van der Waals surface area contributed by atoms with Gasteiger partial charge in [0.25, 0.3) is 0 Å². The number of carbonyl (C=O) groups excluding carboxylic acids is 1. The van der Waals surface area contributed by atoms with Crippen LogP contribution in [-0.4, -0.2) is 35.9 Å². The zero-order valence-electron chi connectivity index (χ0n) is 14.1. The van der Waals surface area contributed by atoms with Gasteiger partial charge >= 0.3 is 5.97 Å². The molecule has 0 amide bonds. The van der Waals surface area contributed by atoms with E-state index in [1.54, 1.807) is 0 Å². The first-order chi connectivity index (χ1) is 9.63. The van der Waals surface area contributed by atoms with Gasteiger partial charge in [0.05, 0.1) is 5.92 Å². The Morgan fingerprint density at radius 2 is 1.81 bits per heavy atom. The zero-order chi connectivity index (χ0) is 16.0. The second-order valence-electron chi connectivity index (χ2n) is 6.92. The van der Waals surface area contributed by atoms with E-state index in [0.717, 1.165) is 6.42 Å². The summed E-state index contributed by atoms with van der Waals surface area (Å²) in [6, 6.07) is 0. The molecule has 2 aliphatic rings. The fourth-order valence-corrected chi connectivity index (χ4v) is 3.36. The zero-order valence-corrected chi connectivity index (χ0v) is 14.1. The maximum Gasteiger partial charge on any atom is 0.308 e. The molecule has 0 N–H and O–H groups in total. The van der Waals surface area contributed by atoms with Crippen molar-refractivity contribution in [2.75, 3.05) is 0 Å². The van der Waals surface area contributed by atoms with E-state index in [0.29, 0.717) is 0 Å². The molecule has 1 unspecified atom stereocenters. The lowest BCUT2D eigenvalue weighted by Crippen LogP contribution is -2.49. The van der Waals surface area contributed by atoms with Crippen LogP contribution in [0, 0.1) is 11.8 Å². The molecule has 5 atom stereocenters. The molecule has 2 rings (SSSR count). The lowest BCUT2D eigenvalue weighted by molar-refractivity contribution is -0.252. The molecule has 21 heavy (non-hydrogen) atoms. The van der Waals surface area contributed by atoms with Crippen molar-refractivity contribution >= 4 is 5.97 Å². The van der Waals surface area contributed by atoms with Crippen LogP contribution < -0.4 is 0 Å². The number of hydrogen-bond acceptors (Lipinski definition) is 5. The largest absolute Gasteiger partial charge is 0.459 e. The second-order valence-corrected chi connectivity index (χ2v) is 6.92. The lowest BCUT2D eigenvalue weighted by Gasteiger charge is -2.39. The van der Waals surface area contributed by atoms with Gasteiger partial charge in [-0.25, -0.2) is 0 Å². The second kappa shape index (κ2) is 5.52. The number of ether oxygens (including phenoxy) is 4. The van der Waals surface area contributed by atoms with Crippen LogP contribution in [0.5, 0.6) is 0 Å². The van der Waals surface area contributed by atoms with Gasteiger partial charge in [-0.05, 0) is 27.2 Å². The Morgan fingerprint density at radius 3 is 2.29 bits per heavy atom. The van der Waals surface area contributed by atoms with Gasteiger partial charge < -0.3 is 18.9 Å². The predicted octanol–water partition coefficient (Wildman–Crippen LogP) is 2.87. The van der Waals surface area contributed by atoms with Crippen molar-refractivity contribution < 1.29 is 23.7 Å². The number of esters is 1. The van der Waals surface area contributed by atoms with Crippen molar-refractivity contribution in [1.82, 2.24) is 0 Å². The molecule has 2 heterocycles. The molecule has 5 nitrogen and oxygen atoms in total. The minimum Gasteiger partial charge on any atom is -0.459 e. The van der Waals surface area contributed by atoms with Crippen molar-refractivity contribution in [2.45, 2.75) is 84.8 Å². The van der Waals surface area contributed by atoms with Gasteiger partial charge in [0, 0.05) is 5.92 Å². The number of hydrogen-bond donors (Lipinski definition) is 0. The van der Waals surface area contributed by atoms with E-state index in [1.165, 1.54) is 0 Å². The van der Waals surface area contributed by atoms with Crippen molar-refractivity contribution in [3.8, 4) is 0 Å². The van der Waals surface area contributed by atoms with Crippen molar-refractivity contribution in [3.05, 3.63) is 0 Å².